The van der Waals surface area contributed by atoms with Crippen LogP contribution in [0.25, 0.3) is 0 Å². The predicted molar refractivity (Wildman–Crippen MR) is 212 cm³/mol. The van der Waals surface area contributed by atoms with Crippen LogP contribution in [0.5, 0.6) is 0 Å². The summed E-state index contributed by atoms with van der Waals surface area (Å²) in [6, 6.07) is 15.3. The second-order valence-corrected chi connectivity index (χ2v) is 12.8. The zero-order valence-corrected chi connectivity index (χ0v) is 33.1. The molecule has 3 rings (SSSR count). The molecule has 1 aliphatic rings. The highest BCUT2D eigenvalue weighted by molar-refractivity contribution is 5.30. The van der Waals surface area contributed by atoms with Crippen LogP contribution in [0.4, 0.5) is 0 Å². The van der Waals surface area contributed by atoms with Crippen LogP contribution in [-0.2, 0) is 6.42 Å². The maximum Gasteiger partial charge on any atom is -0.0111 e. The van der Waals surface area contributed by atoms with Crippen molar-refractivity contribution in [3.8, 4) is 0 Å². The zero-order chi connectivity index (χ0) is 35.4. The predicted octanol–water partition coefficient (Wildman–Crippen LogP) is 15.6. The Morgan fingerprint density at radius 2 is 1.18 bits per heavy atom. The first-order chi connectivity index (χ1) is 21.2. The topological polar surface area (TPSA) is 0 Å². The monoisotopic (exact) mass is 617 g/mol. The van der Waals surface area contributed by atoms with Gasteiger partial charge in [0.25, 0.3) is 0 Å². The molecule has 0 saturated heterocycles. The van der Waals surface area contributed by atoms with E-state index in [9.17, 15) is 0 Å². The van der Waals surface area contributed by atoms with Gasteiger partial charge in [0, 0.05) is 0 Å². The zero-order valence-electron chi connectivity index (χ0n) is 33.1. The molecular weight excluding hydrogens is 540 g/mol. The molecule has 0 heteroatoms. The van der Waals surface area contributed by atoms with E-state index in [4.69, 9.17) is 0 Å². The van der Waals surface area contributed by atoms with Crippen LogP contribution in [0.3, 0.4) is 0 Å². The molecule has 1 aliphatic carbocycles. The summed E-state index contributed by atoms with van der Waals surface area (Å²) in [6.45, 7) is 38.3. The molecule has 0 aliphatic heterocycles. The van der Waals surface area contributed by atoms with Crippen LogP contribution in [0.1, 0.15) is 169 Å². The fraction of sp³-hybridized carbons (Fsp3) is 0.556. The first-order valence-electron chi connectivity index (χ1n) is 18.0. The Hall–Kier alpha value is -2.60. The Labute approximate surface area is 284 Å². The van der Waals surface area contributed by atoms with Crippen molar-refractivity contribution in [2.45, 2.75) is 168 Å². The van der Waals surface area contributed by atoms with E-state index in [0.717, 1.165) is 12.8 Å². The van der Waals surface area contributed by atoms with Gasteiger partial charge in [-0.15, -0.1) is 0 Å². The minimum Gasteiger partial charge on any atom is -0.0998 e. The summed E-state index contributed by atoms with van der Waals surface area (Å²) in [5.41, 5.74) is 14.4. The normalized spacial score (nSPS) is 11.1. The quantitative estimate of drug-likeness (QED) is 0.271. The Balaban J connectivity index is -0.000000545. The lowest BCUT2D eigenvalue weighted by Gasteiger charge is -2.15. The molecule has 0 unspecified atom stereocenters. The van der Waals surface area contributed by atoms with Gasteiger partial charge in [0.1, 0.15) is 0 Å². The first-order valence-corrected chi connectivity index (χ1v) is 18.0. The molecule has 0 atom stereocenters. The van der Waals surface area contributed by atoms with E-state index in [1.54, 1.807) is 16.7 Å². The fourth-order valence-electron chi connectivity index (χ4n) is 4.26. The maximum absolute atomic E-state index is 3.98. The standard InChI is InChI=1S/C17H26.2C10H14.2C3H8.C2H6/c1-13(2)12-17-10-8-16(9-11-17)7-6-15(5)14(3)4;1-8(2)10-6-4-9(3)5-7-10;1-4-10-6-5-8(2)7-9(10)3;2*1-3-2;1-2/h8,10H,1,6-7,9,11-12H2,2-5H3;4-8H,1-3H3;5-7H,4H2,1-3H3;2*3H2,1-2H3;1-2H3. The first kappa shape index (κ1) is 46.8. The smallest absolute Gasteiger partial charge is 0.0111 e. The van der Waals surface area contributed by atoms with Crippen molar-refractivity contribution in [3.63, 3.8) is 0 Å². The third-order valence-corrected chi connectivity index (χ3v) is 7.15. The molecule has 2 aromatic rings. The minimum absolute atomic E-state index is 0.653. The summed E-state index contributed by atoms with van der Waals surface area (Å²) in [5, 5.41) is 0. The van der Waals surface area contributed by atoms with Gasteiger partial charge in [-0.3, -0.25) is 0 Å². The van der Waals surface area contributed by atoms with Crippen LogP contribution in [0.2, 0.25) is 0 Å². The summed E-state index contributed by atoms with van der Waals surface area (Å²) in [4.78, 5) is 0. The van der Waals surface area contributed by atoms with Crippen molar-refractivity contribution in [2.24, 2.45) is 0 Å². The Morgan fingerprint density at radius 1 is 0.711 bits per heavy atom. The molecule has 0 fully saturated rings. The summed E-state index contributed by atoms with van der Waals surface area (Å²) < 4.78 is 0. The number of rotatable bonds is 7. The average molecular weight is 617 g/mol. The number of hydrogen-bond donors (Lipinski definition) is 0. The van der Waals surface area contributed by atoms with Gasteiger partial charge in [-0.25, -0.2) is 0 Å². The molecular formula is C45H76. The largest absolute Gasteiger partial charge is 0.0998 e. The lowest BCUT2D eigenvalue weighted by molar-refractivity contribution is 0.792. The SMILES string of the molecule is C=C(C)CC1=CC=C(CCC(C)=C(C)C)CC1.CC.CCC.CCC.CCc1ccc(C)cc1C.Cc1ccc(C(C)C)cc1. The lowest BCUT2D eigenvalue weighted by Crippen LogP contribution is -1.95. The third kappa shape index (κ3) is 26.3. The van der Waals surface area contributed by atoms with Crippen molar-refractivity contribution in [1.29, 1.82) is 0 Å². The van der Waals surface area contributed by atoms with Gasteiger partial charge in [0.05, 0.1) is 0 Å². The number of benzene rings is 2. The molecule has 0 saturated carbocycles. The molecule has 0 nitrogen and oxygen atoms in total. The van der Waals surface area contributed by atoms with Gasteiger partial charge in [0.2, 0.25) is 0 Å². The molecule has 0 heterocycles. The van der Waals surface area contributed by atoms with Crippen LogP contribution in [0.15, 0.2) is 89.1 Å². The highest BCUT2D eigenvalue weighted by atomic mass is 14.1. The summed E-state index contributed by atoms with van der Waals surface area (Å²) in [5.74, 6) is 0.653. The summed E-state index contributed by atoms with van der Waals surface area (Å²) in [6.07, 6.45) is 14.3. The van der Waals surface area contributed by atoms with E-state index >= 15 is 0 Å². The van der Waals surface area contributed by atoms with E-state index in [2.05, 4.69) is 158 Å². The third-order valence-electron chi connectivity index (χ3n) is 7.15. The van der Waals surface area contributed by atoms with Gasteiger partial charge in [-0.2, -0.15) is 0 Å². The average Bonchev–Trinajstić information content (AvgIpc) is 2.99. The minimum atomic E-state index is 0.653. The second kappa shape index (κ2) is 30.1. The number of allylic oxidation sites excluding steroid dienone is 7. The molecule has 2 aromatic carbocycles. The van der Waals surface area contributed by atoms with Crippen molar-refractivity contribution in [1.82, 2.24) is 0 Å². The van der Waals surface area contributed by atoms with Gasteiger partial charge in [-0.1, -0.05) is 175 Å². The molecule has 256 valence electrons. The van der Waals surface area contributed by atoms with Crippen molar-refractivity contribution in [3.05, 3.63) is 117 Å². The van der Waals surface area contributed by atoms with Gasteiger partial charge >= 0.3 is 0 Å². The molecule has 0 bridgehead atoms. The highest BCUT2D eigenvalue weighted by Crippen LogP contribution is 2.26. The van der Waals surface area contributed by atoms with Crippen molar-refractivity contribution >= 4 is 0 Å². The fourth-order valence-corrected chi connectivity index (χ4v) is 4.26. The van der Waals surface area contributed by atoms with Gasteiger partial charge in [0.15, 0.2) is 0 Å². The molecule has 0 spiro atoms. The van der Waals surface area contributed by atoms with Gasteiger partial charge < -0.3 is 0 Å². The maximum atomic E-state index is 3.98. The Kier molecular flexibility index (Phi) is 31.3. The van der Waals surface area contributed by atoms with Crippen LogP contribution in [-0.4, -0.2) is 0 Å². The second-order valence-electron chi connectivity index (χ2n) is 12.8. The van der Waals surface area contributed by atoms with E-state index in [1.807, 2.05) is 13.8 Å². The Bertz CT molecular complexity index is 1090. The van der Waals surface area contributed by atoms with Gasteiger partial charge in [-0.05, 0) is 110 Å². The van der Waals surface area contributed by atoms with Crippen LogP contribution < -0.4 is 0 Å². The molecule has 45 heavy (non-hydrogen) atoms. The van der Waals surface area contributed by atoms with E-state index < -0.39 is 0 Å². The lowest BCUT2D eigenvalue weighted by atomic mass is 9.91. The molecule has 0 amide bonds. The molecule has 0 N–H and O–H groups in total. The molecule has 0 aromatic heterocycles. The van der Waals surface area contributed by atoms with Crippen molar-refractivity contribution in [2.75, 3.05) is 0 Å². The van der Waals surface area contributed by atoms with E-state index in [0.29, 0.717) is 5.92 Å². The number of hydrogen-bond acceptors (Lipinski definition) is 0. The Morgan fingerprint density at radius 3 is 1.56 bits per heavy atom. The van der Waals surface area contributed by atoms with E-state index in [-0.39, 0.29) is 0 Å². The number of aryl methyl sites for hydroxylation is 4. The summed E-state index contributed by atoms with van der Waals surface area (Å²) >= 11 is 0. The van der Waals surface area contributed by atoms with E-state index in [1.165, 1.54) is 77.5 Å². The summed E-state index contributed by atoms with van der Waals surface area (Å²) in [7, 11) is 0. The van der Waals surface area contributed by atoms with Crippen molar-refractivity contribution < 1.29 is 0 Å². The highest BCUT2D eigenvalue weighted by Gasteiger charge is 2.07. The van der Waals surface area contributed by atoms with Crippen LogP contribution >= 0.6 is 0 Å². The van der Waals surface area contributed by atoms with Crippen LogP contribution in [0, 0.1) is 20.8 Å². The molecule has 0 radical (unpaired) electrons.